The Labute approximate surface area is 65.8 Å². The van der Waals surface area contributed by atoms with Crippen molar-refractivity contribution < 1.29 is 19.7 Å². The second-order valence-electron chi connectivity index (χ2n) is 2.18. The number of carbonyl (C=O) groups excluding carboxylic acids is 1. The summed E-state index contributed by atoms with van der Waals surface area (Å²) in [5.74, 6) is -0.423. The molecule has 0 aromatic rings. The van der Waals surface area contributed by atoms with Crippen LogP contribution in [0.4, 0.5) is 0 Å². The summed E-state index contributed by atoms with van der Waals surface area (Å²) >= 11 is 0. The van der Waals surface area contributed by atoms with Gasteiger partial charge < -0.3 is 14.9 Å². The summed E-state index contributed by atoms with van der Waals surface area (Å²) in [6, 6.07) is 0. The molecule has 0 aliphatic rings. The lowest BCUT2D eigenvalue weighted by molar-refractivity contribution is -0.145. The van der Waals surface area contributed by atoms with Crippen LogP contribution in [0.15, 0.2) is 0 Å². The van der Waals surface area contributed by atoms with Crippen LogP contribution in [0.3, 0.4) is 0 Å². The highest BCUT2D eigenvalue weighted by molar-refractivity contribution is 5.69. The maximum Gasteiger partial charge on any atom is 0.308 e. The first-order valence-corrected chi connectivity index (χ1v) is 3.65. The van der Waals surface area contributed by atoms with Crippen molar-refractivity contribution in [1.82, 2.24) is 0 Å². The van der Waals surface area contributed by atoms with Gasteiger partial charge in [0, 0.05) is 6.61 Å². The van der Waals surface area contributed by atoms with Crippen LogP contribution in [0.25, 0.3) is 0 Å². The van der Waals surface area contributed by atoms with E-state index < -0.39 is 12.1 Å². The fourth-order valence-electron chi connectivity index (χ4n) is 0.663. The molecule has 0 aromatic carbocycles. The Bertz CT molecular complexity index is 113. The van der Waals surface area contributed by atoms with Gasteiger partial charge >= 0.3 is 5.97 Å². The Morgan fingerprint density at radius 3 is 2.73 bits per heavy atom. The van der Waals surface area contributed by atoms with Gasteiger partial charge in [0.1, 0.15) is 0 Å². The van der Waals surface area contributed by atoms with E-state index in [1.165, 1.54) is 0 Å². The number of hydrogen-bond donors (Lipinski definition) is 2. The molecule has 66 valence electrons. The summed E-state index contributed by atoms with van der Waals surface area (Å²) in [6.45, 7) is 1.92. The molecular weight excluding hydrogens is 148 g/mol. The van der Waals surface area contributed by atoms with Gasteiger partial charge in [-0.3, -0.25) is 4.79 Å². The first-order chi connectivity index (χ1) is 5.20. The third-order valence-corrected chi connectivity index (χ3v) is 1.17. The molecule has 0 spiro atoms. The Hall–Kier alpha value is -0.610. The van der Waals surface area contributed by atoms with Gasteiger partial charge in [0.15, 0.2) is 0 Å². The maximum absolute atomic E-state index is 10.7. The fraction of sp³-hybridized carbons (Fsp3) is 0.857. The monoisotopic (exact) mass is 162 g/mol. The largest absolute Gasteiger partial charge is 0.466 e. The van der Waals surface area contributed by atoms with E-state index >= 15 is 0 Å². The molecule has 0 aliphatic heterocycles. The van der Waals surface area contributed by atoms with E-state index in [0.29, 0.717) is 6.61 Å². The highest BCUT2D eigenvalue weighted by atomic mass is 16.5. The van der Waals surface area contributed by atoms with Crippen molar-refractivity contribution in [3.8, 4) is 0 Å². The lowest BCUT2D eigenvalue weighted by Gasteiger charge is -2.06. The average Bonchev–Trinajstić information content (AvgIpc) is 1.87. The molecule has 1 unspecified atom stereocenters. The van der Waals surface area contributed by atoms with Crippen molar-refractivity contribution in [3.63, 3.8) is 0 Å². The predicted octanol–water partition coefficient (Wildman–Crippen LogP) is -0.317. The van der Waals surface area contributed by atoms with Gasteiger partial charge in [-0.25, -0.2) is 0 Å². The summed E-state index contributed by atoms with van der Waals surface area (Å²) in [5.41, 5.74) is 0. The maximum atomic E-state index is 10.7. The number of carbonyl (C=O) groups is 1. The van der Waals surface area contributed by atoms with Gasteiger partial charge in [0.2, 0.25) is 0 Å². The predicted molar refractivity (Wildman–Crippen MR) is 39.0 cm³/mol. The number of rotatable bonds is 5. The van der Waals surface area contributed by atoms with Crippen molar-refractivity contribution in [2.75, 3.05) is 13.2 Å². The van der Waals surface area contributed by atoms with Gasteiger partial charge in [-0.05, 0) is 13.3 Å². The quantitative estimate of drug-likeness (QED) is 0.544. The molecule has 4 heteroatoms. The van der Waals surface area contributed by atoms with E-state index in [1.54, 1.807) is 6.92 Å². The summed E-state index contributed by atoms with van der Waals surface area (Å²) in [6.07, 6.45) is -0.591. The molecule has 0 rings (SSSR count). The van der Waals surface area contributed by atoms with Crippen LogP contribution in [0.2, 0.25) is 0 Å². The molecule has 0 saturated heterocycles. The summed E-state index contributed by atoms with van der Waals surface area (Å²) in [4.78, 5) is 10.7. The smallest absolute Gasteiger partial charge is 0.308 e. The Morgan fingerprint density at radius 2 is 2.27 bits per heavy atom. The lowest BCUT2D eigenvalue weighted by atomic mass is 10.2. The van der Waals surface area contributed by atoms with Crippen LogP contribution in [-0.4, -0.2) is 35.5 Å². The highest BCUT2D eigenvalue weighted by Crippen LogP contribution is 1.98. The topological polar surface area (TPSA) is 66.8 Å². The second-order valence-corrected chi connectivity index (χ2v) is 2.18. The molecule has 0 aliphatic carbocycles. The fourth-order valence-corrected chi connectivity index (χ4v) is 0.663. The first-order valence-electron chi connectivity index (χ1n) is 3.65. The minimum Gasteiger partial charge on any atom is -0.466 e. The molecule has 0 fully saturated rings. The van der Waals surface area contributed by atoms with Crippen molar-refractivity contribution in [1.29, 1.82) is 0 Å². The van der Waals surface area contributed by atoms with E-state index in [2.05, 4.69) is 4.74 Å². The van der Waals surface area contributed by atoms with Crippen LogP contribution < -0.4 is 0 Å². The zero-order valence-electron chi connectivity index (χ0n) is 6.62. The van der Waals surface area contributed by atoms with E-state index in [9.17, 15) is 4.79 Å². The summed E-state index contributed by atoms with van der Waals surface area (Å²) in [5, 5.41) is 17.4. The lowest BCUT2D eigenvalue weighted by Crippen LogP contribution is -2.16. The Kier molecular flexibility index (Phi) is 5.78. The Morgan fingerprint density at radius 1 is 1.64 bits per heavy atom. The van der Waals surface area contributed by atoms with Crippen LogP contribution in [0.5, 0.6) is 0 Å². The minimum atomic E-state index is -0.779. The van der Waals surface area contributed by atoms with Gasteiger partial charge in [0.25, 0.3) is 0 Å². The zero-order valence-corrected chi connectivity index (χ0v) is 6.62. The van der Waals surface area contributed by atoms with E-state index in [0.717, 1.165) is 0 Å². The molecule has 2 N–H and O–H groups in total. The molecule has 0 saturated carbocycles. The first kappa shape index (κ1) is 10.4. The SMILES string of the molecule is CCOC(=O)CC(O)CCO. The van der Waals surface area contributed by atoms with Gasteiger partial charge in [-0.15, -0.1) is 0 Å². The third-order valence-electron chi connectivity index (χ3n) is 1.17. The summed E-state index contributed by atoms with van der Waals surface area (Å²) in [7, 11) is 0. The molecule has 0 aromatic heterocycles. The van der Waals surface area contributed by atoms with E-state index in [-0.39, 0.29) is 19.4 Å². The summed E-state index contributed by atoms with van der Waals surface area (Å²) < 4.78 is 4.58. The molecule has 1 atom stereocenters. The molecule has 4 nitrogen and oxygen atoms in total. The van der Waals surface area contributed by atoms with Gasteiger partial charge in [0.05, 0.1) is 19.1 Å². The van der Waals surface area contributed by atoms with Gasteiger partial charge in [-0.1, -0.05) is 0 Å². The molecule has 0 radical (unpaired) electrons. The molecule has 11 heavy (non-hydrogen) atoms. The number of ether oxygens (including phenoxy) is 1. The zero-order chi connectivity index (χ0) is 8.69. The normalized spacial score (nSPS) is 12.6. The van der Waals surface area contributed by atoms with Crippen molar-refractivity contribution in [2.24, 2.45) is 0 Å². The third kappa shape index (κ3) is 5.82. The standard InChI is InChI=1S/C7H14O4/c1-2-11-7(10)5-6(9)3-4-8/h6,8-9H,2-5H2,1H3. The van der Waals surface area contributed by atoms with Crippen LogP contribution >= 0.6 is 0 Å². The minimum absolute atomic E-state index is 0.0333. The van der Waals surface area contributed by atoms with E-state index in [1.807, 2.05) is 0 Å². The molecule has 0 heterocycles. The van der Waals surface area contributed by atoms with E-state index in [4.69, 9.17) is 10.2 Å². The molecule has 0 amide bonds. The average molecular weight is 162 g/mol. The highest BCUT2D eigenvalue weighted by Gasteiger charge is 2.09. The molecule has 0 bridgehead atoms. The van der Waals surface area contributed by atoms with Crippen LogP contribution in [-0.2, 0) is 9.53 Å². The number of aliphatic hydroxyl groups excluding tert-OH is 2. The van der Waals surface area contributed by atoms with Crippen molar-refractivity contribution in [3.05, 3.63) is 0 Å². The second kappa shape index (κ2) is 6.12. The van der Waals surface area contributed by atoms with Crippen molar-refractivity contribution in [2.45, 2.75) is 25.9 Å². The van der Waals surface area contributed by atoms with Crippen LogP contribution in [0, 0.1) is 0 Å². The van der Waals surface area contributed by atoms with Crippen LogP contribution in [0.1, 0.15) is 19.8 Å². The number of hydrogen-bond acceptors (Lipinski definition) is 4. The number of aliphatic hydroxyl groups is 2. The Balaban J connectivity index is 3.40. The van der Waals surface area contributed by atoms with Gasteiger partial charge in [-0.2, -0.15) is 0 Å². The number of esters is 1. The van der Waals surface area contributed by atoms with Crippen molar-refractivity contribution >= 4 is 5.97 Å². The molecular formula is C7H14O4.